The molecular formula is C33H29N7O2. The molecule has 0 aromatic heterocycles. The Balaban J connectivity index is 1.92. The van der Waals surface area contributed by atoms with E-state index in [-0.39, 0.29) is 12.5 Å². The molecule has 4 rings (SSSR count). The van der Waals surface area contributed by atoms with E-state index in [0.29, 0.717) is 39.5 Å². The van der Waals surface area contributed by atoms with Crippen molar-refractivity contribution in [1.82, 2.24) is 0 Å². The third kappa shape index (κ3) is 6.59. The molecule has 0 radical (unpaired) electrons. The van der Waals surface area contributed by atoms with Crippen molar-refractivity contribution in [3.63, 3.8) is 0 Å². The SMILES string of the molecule is COc1ccc(C(=O)N(c2ccc(C#N)cc2)C(Nc2cccc(N(C)C)c2)N(CC#N)c2ccc(C#N)cc2)cc1. The monoisotopic (exact) mass is 555 g/mol. The van der Waals surface area contributed by atoms with Crippen molar-refractivity contribution in [1.29, 1.82) is 15.8 Å². The van der Waals surface area contributed by atoms with Crippen LogP contribution in [0.2, 0.25) is 0 Å². The first kappa shape index (κ1) is 29.0. The zero-order valence-electron chi connectivity index (χ0n) is 23.5. The number of anilines is 4. The standard InChI is InChI=1S/C33H29N7O2/c1-38(2)30-6-4-5-27(21-30)37-33(39(20-19-34)28-13-7-24(22-35)8-14-28)40(29-15-9-25(23-36)10-16-29)32(41)26-11-17-31(42-3)18-12-26/h4-18,21,33,37H,20H2,1-3H3. The van der Waals surface area contributed by atoms with Crippen molar-refractivity contribution in [2.24, 2.45) is 0 Å². The molecule has 0 saturated carbocycles. The third-order valence-electron chi connectivity index (χ3n) is 6.60. The van der Waals surface area contributed by atoms with Crippen molar-refractivity contribution in [3.05, 3.63) is 114 Å². The van der Waals surface area contributed by atoms with Gasteiger partial charge in [0.15, 0.2) is 6.29 Å². The second kappa shape index (κ2) is 13.4. The number of benzene rings is 4. The quantitative estimate of drug-likeness (QED) is 0.199. The fourth-order valence-corrected chi connectivity index (χ4v) is 4.37. The first-order valence-electron chi connectivity index (χ1n) is 13.0. The van der Waals surface area contributed by atoms with Crippen molar-refractivity contribution >= 4 is 28.7 Å². The number of carbonyl (C=O) groups excluding carboxylic acids is 1. The summed E-state index contributed by atoms with van der Waals surface area (Å²) in [5.74, 6) is 0.260. The van der Waals surface area contributed by atoms with E-state index in [4.69, 9.17) is 4.74 Å². The zero-order chi connectivity index (χ0) is 30.1. The highest BCUT2D eigenvalue weighted by Gasteiger charge is 2.32. The van der Waals surface area contributed by atoms with Gasteiger partial charge >= 0.3 is 0 Å². The van der Waals surface area contributed by atoms with E-state index in [2.05, 4.69) is 23.5 Å². The number of methoxy groups -OCH3 is 1. The van der Waals surface area contributed by atoms with Crippen LogP contribution in [0.25, 0.3) is 0 Å². The van der Waals surface area contributed by atoms with Gasteiger partial charge in [-0.25, -0.2) is 0 Å². The number of rotatable bonds is 10. The fraction of sp³-hybridized carbons (Fsp3) is 0.152. The number of hydrogen-bond donors (Lipinski definition) is 1. The van der Waals surface area contributed by atoms with E-state index in [1.165, 1.54) is 0 Å². The van der Waals surface area contributed by atoms with Gasteiger partial charge in [0.2, 0.25) is 0 Å². The molecule has 0 aliphatic heterocycles. The predicted octanol–water partition coefficient (Wildman–Crippen LogP) is 5.58. The predicted molar refractivity (Wildman–Crippen MR) is 163 cm³/mol. The number of carbonyl (C=O) groups is 1. The average molecular weight is 556 g/mol. The molecule has 0 saturated heterocycles. The molecule has 1 unspecified atom stereocenters. The summed E-state index contributed by atoms with van der Waals surface area (Å²) in [6.45, 7) is -0.0837. The highest BCUT2D eigenvalue weighted by atomic mass is 16.5. The van der Waals surface area contributed by atoms with Crippen LogP contribution in [0.3, 0.4) is 0 Å². The summed E-state index contributed by atoms with van der Waals surface area (Å²) in [6, 6.07) is 34.5. The van der Waals surface area contributed by atoms with Crippen molar-refractivity contribution in [2.75, 3.05) is 47.8 Å². The van der Waals surface area contributed by atoms with Gasteiger partial charge < -0.3 is 19.9 Å². The van der Waals surface area contributed by atoms with Crippen molar-refractivity contribution in [2.45, 2.75) is 6.29 Å². The van der Waals surface area contributed by atoms with E-state index < -0.39 is 6.29 Å². The van der Waals surface area contributed by atoms with Crippen LogP contribution in [0.5, 0.6) is 5.75 Å². The fourth-order valence-electron chi connectivity index (χ4n) is 4.37. The van der Waals surface area contributed by atoms with E-state index >= 15 is 0 Å². The van der Waals surface area contributed by atoms with Gasteiger partial charge in [-0.15, -0.1) is 0 Å². The zero-order valence-corrected chi connectivity index (χ0v) is 23.5. The van der Waals surface area contributed by atoms with Gasteiger partial charge in [-0.2, -0.15) is 15.8 Å². The molecule has 0 aliphatic carbocycles. The minimum absolute atomic E-state index is 0.0837. The van der Waals surface area contributed by atoms with Crippen LogP contribution in [0.4, 0.5) is 22.7 Å². The van der Waals surface area contributed by atoms with Crippen LogP contribution in [0.15, 0.2) is 97.1 Å². The summed E-state index contributed by atoms with van der Waals surface area (Å²) in [6.07, 6.45) is -0.905. The summed E-state index contributed by atoms with van der Waals surface area (Å²) in [4.78, 5) is 19.6. The molecule has 42 heavy (non-hydrogen) atoms. The lowest BCUT2D eigenvalue weighted by Crippen LogP contribution is -2.56. The second-order valence-electron chi connectivity index (χ2n) is 9.47. The highest BCUT2D eigenvalue weighted by molar-refractivity contribution is 6.07. The molecular weight excluding hydrogens is 526 g/mol. The van der Waals surface area contributed by atoms with E-state index in [0.717, 1.165) is 5.69 Å². The largest absolute Gasteiger partial charge is 0.497 e. The van der Waals surface area contributed by atoms with Crippen LogP contribution in [-0.4, -0.2) is 39.9 Å². The molecule has 0 fully saturated rings. The molecule has 0 spiro atoms. The molecule has 4 aromatic carbocycles. The number of amides is 1. The Labute approximate surface area is 245 Å². The average Bonchev–Trinajstić information content (AvgIpc) is 3.04. The lowest BCUT2D eigenvalue weighted by Gasteiger charge is -2.41. The second-order valence-corrected chi connectivity index (χ2v) is 9.47. The minimum Gasteiger partial charge on any atom is -0.497 e. The summed E-state index contributed by atoms with van der Waals surface area (Å²) >= 11 is 0. The maximum Gasteiger partial charge on any atom is 0.261 e. The number of nitrogens with zero attached hydrogens (tertiary/aromatic N) is 6. The van der Waals surface area contributed by atoms with E-state index in [1.54, 1.807) is 89.7 Å². The lowest BCUT2D eigenvalue weighted by atomic mass is 10.1. The Bertz CT molecular complexity index is 1650. The molecule has 0 bridgehead atoms. The topological polar surface area (TPSA) is 119 Å². The number of nitriles is 3. The van der Waals surface area contributed by atoms with Crippen LogP contribution in [0.1, 0.15) is 21.5 Å². The van der Waals surface area contributed by atoms with Crippen LogP contribution in [0, 0.1) is 34.0 Å². The first-order valence-corrected chi connectivity index (χ1v) is 13.0. The van der Waals surface area contributed by atoms with Gasteiger partial charge in [0.25, 0.3) is 5.91 Å². The number of nitrogens with one attached hydrogen (secondary N) is 1. The normalized spacial score (nSPS) is 10.8. The molecule has 9 nitrogen and oxygen atoms in total. The maximum absolute atomic E-state index is 14.4. The molecule has 208 valence electrons. The summed E-state index contributed by atoms with van der Waals surface area (Å²) < 4.78 is 5.28. The highest BCUT2D eigenvalue weighted by Crippen LogP contribution is 2.29. The molecule has 1 N–H and O–H groups in total. The van der Waals surface area contributed by atoms with Crippen LogP contribution >= 0.6 is 0 Å². The van der Waals surface area contributed by atoms with Gasteiger partial charge in [0, 0.05) is 42.4 Å². The summed E-state index contributed by atoms with van der Waals surface area (Å²) in [5.41, 5.74) is 4.09. The van der Waals surface area contributed by atoms with Gasteiger partial charge in [-0.3, -0.25) is 9.69 Å². The Morgan fingerprint density at radius 1 is 0.810 bits per heavy atom. The maximum atomic E-state index is 14.4. The van der Waals surface area contributed by atoms with E-state index in [1.807, 2.05) is 43.3 Å². The summed E-state index contributed by atoms with van der Waals surface area (Å²) in [5, 5.41) is 32.2. The lowest BCUT2D eigenvalue weighted by molar-refractivity contribution is 0.0979. The number of ether oxygens (including phenoxy) is 1. The van der Waals surface area contributed by atoms with Gasteiger partial charge in [-0.05, 0) is 91.0 Å². The molecule has 1 atom stereocenters. The Morgan fingerprint density at radius 3 is 1.93 bits per heavy atom. The van der Waals surface area contributed by atoms with E-state index in [9.17, 15) is 20.6 Å². The molecule has 0 heterocycles. The van der Waals surface area contributed by atoms with Gasteiger partial charge in [0.05, 0.1) is 36.4 Å². The van der Waals surface area contributed by atoms with Crippen molar-refractivity contribution < 1.29 is 9.53 Å². The Hall–Kier alpha value is -5.98. The Kier molecular flexibility index (Phi) is 9.25. The molecule has 4 aromatic rings. The third-order valence-corrected chi connectivity index (χ3v) is 6.60. The van der Waals surface area contributed by atoms with Gasteiger partial charge in [0.1, 0.15) is 12.3 Å². The molecule has 0 aliphatic rings. The molecule has 1 amide bonds. The first-order chi connectivity index (χ1) is 20.4. The Morgan fingerprint density at radius 2 is 1.40 bits per heavy atom. The van der Waals surface area contributed by atoms with Crippen LogP contribution < -0.4 is 24.8 Å². The molecule has 9 heteroatoms. The smallest absolute Gasteiger partial charge is 0.261 e. The summed E-state index contributed by atoms with van der Waals surface area (Å²) in [7, 11) is 5.43. The number of hydrogen-bond acceptors (Lipinski definition) is 8. The van der Waals surface area contributed by atoms with Gasteiger partial charge in [-0.1, -0.05) is 6.07 Å². The minimum atomic E-state index is -0.905. The van der Waals surface area contributed by atoms with Crippen LogP contribution in [-0.2, 0) is 0 Å². The van der Waals surface area contributed by atoms with Crippen molar-refractivity contribution in [3.8, 4) is 24.0 Å².